The number of rotatable bonds is 4. The lowest BCUT2D eigenvalue weighted by Crippen LogP contribution is -2.50. The Balaban J connectivity index is 1.67. The molecule has 2 fully saturated rings. The van der Waals surface area contributed by atoms with Crippen LogP contribution >= 0.6 is 0 Å². The van der Waals surface area contributed by atoms with E-state index in [9.17, 15) is 4.79 Å². The SMILES string of the molecule is CCC(=O)N1CCCCC1[C@H]1COC(c2ccccc2)(c2ccccc2)O1. The molecule has 4 nitrogen and oxygen atoms in total. The van der Waals surface area contributed by atoms with Crippen LogP contribution in [0.15, 0.2) is 60.7 Å². The van der Waals surface area contributed by atoms with Crippen molar-refractivity contribution in [2.75, 3.05) is 13.2 Å². The number of carbonyl (C=O) groups excluding carboxylic acids is 1. The van der Waals surface area contributed by atoms with Crippen LogP contribution in [-0.4, -0.2) is 36.1 Å². The molecular weight excluding hydrogens is 338 g/mol. The van der Waals surface area contributed by atoms with Gasteiger partial charge in [-0.25, -0.2) is 0 Å². The maximum absolute atomic E-state index is 12.5. The Hall–Kier alpha value is -2.17. The van der Waals surface area contributed by atoms with Crippen LogP contribution in [0.3, 0.4) is 0 Å². The minimum absolute atomic E-state index is 0.0838. The van der Waals surface area contributed by atoms with Gasteiger partial charge in [-0.3, -0.25) is 4.79 Å². The second-order valence-corrected chi connectivity index (χ2v) is 7.32. The Kier molecular flexibility index (Phi) is 5.28. The molecule has 2 saturated heterocycles. The third-order valence-corrected chi connectivity index (χ3v) is 5.68. The minimum atomic E-state index is -0.911. The van der Waals surface area contributed by atoms with Gasteiger partial charge in [0.05, 0.1) is 12.6 Å². The predicted molar refractivity (Wildman–Crippen MR) is 104 cm³/mol. The van der Waals surface area contributed by atoms with Gasteiger partial charge in [0.1, 0.15) is 6.10 Å². The van der Waals surface area contributed by atoms with Crippen molar-refractivity contribution in [2.45, 2.75) is 50.5 Å². The van der Waals surface area contributed by atoms with Gasteiger partial charge in [-0.2, -0.15) is 0 Å². The van der Waals surface area contributed by atoms with Crippen LogP contribution in [0.1, 0.15) is 43.7 Å². The topological polar surface area (TPSA) is 38.8 Å². The number of amides is 1. The van der Waals surface area contributed by atoms with Gasteiger partial charge in [0, 0.05) is 24.1 Å². The number of ether oxygens (including phenoxy) is 2. The lowest BCUT2D eigenvalue weighted by Gasteiger charge is -2.39. The second-order valence-electron chi connectivity index (χ2n) is 7.32. The van der Waals surface area contributed by atoms with Crippen LogP contribution in [0.4, 0.5) is 0 Å². The molecule has 27 heavy (non-hydrogen) atoms. The molecule has 1 unspecified atom stereocenters. The molecule has 0 aliphatic carbocycles. The highest BCUT2D eigenvalue weighted by atomic mass is 16.7. The van der Waals surface area contributed by atoms with E-state index in [0.29, 0.717) is 13.0 Å². The highest BCUT2D eigenvalue weighted by Crippen LogP contribution is 2.42. The molecule has 0 saturated carbocycles. The van der Waals surface area contributed by atoms with E-state index in [-0.39, 0.29) is 18.1 Å². The number of carbonyl (C=O) groups is 1. The Morgan fingerprint density at radius 2 is 1.67 bits per heavy atom. The summed E-state index contributed by atoms with van der Waals surface area (Å²) in [6.07, 6.45) is 3.58. The fraction of sp³-hybridized carbons (Fsp3) is 0.435. The number of likely N-dealkylation sites (tertiary alicyclic amines) is 1. The molecule has 0 aromatic heterocycles. The fourth-order valence-electron chi connectivity index (χ4n) is 4.31. The van der Waals surface area contributed by atoms with Crippen molar-refractivity contribution in [1.29, 1.82) is 0 Å². The summed E-state index contributed by atoms with van der Waals surface area (Å²) in [4.78, 5) is 14.5. The zero-order valence-corrected chi connectivity index (χ0v) is 15.8. The Morgan fingerprint density at radius 3 is 2.26 bits per heavy atom. The average molecular weight is 365 g/mol. The van der Waals surface area contributed by atoms with Crippen molar-refractivity contribution < 1.29 is 14.3 Å². The van der Waals surface area contributed by atoms with E-state index in [0.717, 1.165) is 36.9 Å². The number of nitrogens with zero attached hydrogens (tertiary/aromatic N) is 1. The molecule has 2 atom stereocenters. The zero-order valence-electron chi connectivity index (χ0n) is 15.8. The highest BCUT2D eigenvalue weighted by Gasteiger charge is 2.48. The first kappa shape index (κ1) is 18.2. The van der Waals surface area contributed by atoms with Crippen molar-refractivity contribution in [1.82, 2.24) is 4.90 Å². The highest BCUT2D eigenvalue weighted by molar-refractivity contribution is 5.76. The number of hydrogen-bond acceptors (Lipinski definition) is 3. The zero-order chi connectivity index (χ0) is 18.7. The van der Waals surface area contributed by atoms with E-state index < -0.39 is 5.79 Å². The van der Waals surface area contributed by atoms with Gasteiger partial charge in [0.25, 0.3) is 0 Å². The van der Waals surface area contributed by atoms with Crippen molar-refractivity contribution in [3.05, 3.63) is 71.8 Å². The Bertz CT molecular complexity index is 722. The summed E-state index contributed by atoms with van der Waals surface area (Å²) < 4.78 is 13.0. The van der Waals surface area contributed by atoms with E-state index in [4.69, 9.17) is 9.47 Å². The van der Waals surface area contributed by atoms with E-state index >= 15 is 0 Å². The van der Waals surface area contributed by atoms with Crippen LogP contribution < -0.4 is 0 Å². The van der Waals surface area contributed by atoms with Gasteiger partial charge >= 0.3 is 0 Å². The molecule has 142 valence electrons. The summed E-state index contributed by atoms with van der Waals surface area (Å²) in [6, 6.07) is 20.3. The molecule has 0 N–H and O–H groups in total. The molecule has 2 heterocycles. The molecule has 0 spiro atoms. The van der Waals surface area contributed by atoms with Crippen molar-refractivity contribution in [2.24, 2.45) is 0 Å². The van der Waals surface area contributed by atoms with E-state index in [2.05, 4.69) is 0 Å². The van der Waals surface area contributed by atoms with E-state index in [1.807, 2.05) is 72.5 Å². The Labute approximate surface area is 161 Å². The number of piperidine rings is 1. The van der Waals surface area contributed by atoms with Gasteiger partial charge in [0.15, 0.2) is 0 Å². The maximum Gasteiger partial charge on any atom is 0.222 e. The minimum Gasteiger partial charge on any atom is -0.339 e. The van der Waals surface area contributed by atoms with Gasteiger partial charge < -0.3 is 14.4 Å². The van der Waals surface area contributed by atoms with E-state index in [1.165, 1.54) is 0 Å². The first-order chi connectivity index (χ1) is 13.2. The quantitative estimate of drug-likeness (QED) is 0.819. The van der Waals surface area contributed by atoms with Gasteiger partial charge in [0.2, 0.25) is 11.7 Å². The summed E-state index contributed by atoms with van der Waals surface area (Å²) in [7, 11) is 0. The van der Waals surface area contributed by atoms with Crippen LogP contribution in [-0.2, 0) is 20.1 Å². The van der Waals surface area contributed by atoms with Crippen LogP contribution in [0.5, 0.6) is 0 Å². The molecule has 4 rings (SSSR count). The monoisotopic (exact) mass is 365 g/mol. The number of hydrogen-bond donors (Lipinski definition) is 0. The van der Waals surface area contributed by atoms with Crippen molar-refractivity contribution in [3.63, 3.8) is 0 Å². The third kappa shape index (κ3) is 3.40. The largest absolute Gasteiger partial charge is 0.339 e. The summed E-state index contributed by atoms with van der Waals surface area (Å²) in [5.41, 5.74) is 1.98. The molecular formula is C23H27NO3. The van der Waals surface area contributed by atoms with Gasteiger partial charge in [-0.05, 0) is 19.3 Å². The summed E-state index contributed by atoms with van der Waals surface area (Å²) >= 11 is 0. The Morgan fingerprint density at radius 1 is 1.04 bits per heavy atom. The van der Waals surface area contributed by atoms with Crippen LogP contribution in [0.25, 0.3) is 0 Å². The predicted octanol–water partition coefficient (Wildman–Crippen LogP) is 4.09. The van der Waals surface area contributed by atoms with Crippen LogP contribution in [0.2, 0.25) is 0 Å². The summed E-state index contributed by atoms with van der Waals surface area (Å²) in [5.74, 6) is -0.703. The standard InChI is InChI=1S/C23H27NO3/c1-2-22(25)24-16-10-9-15-20(24)21-17-26-23(27-21,18-11-5-3-6-12-18)19-13-7-4-8-14-19/h3-8,11-14,20-21H,2,9-10,15-17H2,1H3/t20?,21-/m1/s1. The first-order valence-electron chi connectivity index (χ1n) is 9.97. The molecule has 0 bridgehead atoms. The van der Waals surface area contributed by atoms with Crippen LogP contribution in [0, 0.1) is 0 Å². The van der Waals surface area contributed by atoms with E-state index in [1.54, 1.807) is 0 Å². The second kappa shape index (κ2) is 7.83. The lowest BCUT2D eigenvalue weighted by atomic mass is 9.96. The number of benzene rings is 2. The molecule has 2 aromatic rings. The molecule has 2 aromatic carbocycles. The average Bonchev–Trinajstić information content (AvgIpc) is 3.21. The fourth-order valence-corrected chi connectivity index (χ4v) is 4.31. The molecule has 0 radical (unpaired) electrons. The molecule has 4 heteroatoms. The van der Waals surface area contributed by atoms with Crippen molar-refractivity contribution in [3.8, 4) is 0 Å². The first-order valence-corrected chi connectivity index (χ1v) is 9.97. The maximum atomic E-state index is 12.5. The third-order valence-electron chi connectivity index (χ3n) is 5.68. The molecule has 1 amide bonds. The summed E-state index contributed by atoms with van der Waals surface area (Å²) in [6.45, 7) is 3.24. The smallest absolute Gasteiger partial charge is 0.222 e. The lowest BCUT2D eigenvalue weighted by molar-refractivity contribution is -0.158. The normalized spacial score (nSPS) is 24.7. The van der Waals surface area contributed by atoms with Gasteiger partial charge in [-0.15, -0.1) is 0 Å². The molecule has 2 aliphatic rings. The molecule has 2 aliphatic heterocycles. The van der Waals surface area contributed by atoms with Gasteiger partial charge in [-0.1, -0.05) is 67.6 Å². The summed E-state index contributed by atoms with van der Waals surface area (Å²) in [5, 5.41) is 0. The van der Waals surface area contributed by atoms with Crippen molar-refractivity contribution >= 4 is 5.91 Å².